The summed E-state index contributed by atoms with van der Waals surface area (Å²) < 4.78 is 5.60. The molecule has 0 fully saturated rings. The predicted molar refractivity (Wildman–Crippen MR) is 62.1 cm³/mol. The zero-order valence-corrected chi connectivity index (χ0v) is 9.95. The third kappa shape index (κ3) is 3.56. The number of aryl methyl sites for hydroxylation is 1. The maximum atomic E-state index is 9.47. The van der Waals surface area contributed by atoms with E-state index in [-0.39, 0.29) is 0 Å². The van der Waals surface area contributed by atoms with Crippen LogP contribution in [0.4, 0.5) is 0 Å². The summed E-state index contributed by atoms with van der Waals surface area (Å²) in [5, 5.41) is 9.47. The highest BCUT2D eigenvalue weighted by Gasteiger charge is 2.06. The Balaban J connectivity index is 2.73. The molecule has 84 valence electrons. The van der Waals surface area contributed by atoms with Gasteiger partial charge in [-0.25, -0.2) is 0 Å². The lowest BCUT2D eigenvalue weighted by Crippen LogP contribution is -2.05. The molecule has 0 spiro atoms. The van der Waals surface area contributed by atoms with Gasteiger partial charge in [0.05, 0.1) is 12.7 Å². The van der Waals surface area contributed by atoms with Gasteiger partial charge in [-0.1, -0.05) is 19.9 Å². The molecule has 1 rings (SSSR count). The van der Waals surface area contributed by atoms with Crippen molar-refractivity contribution in [1.82, 2.24) is 0 Å². The van der Waals surface area contributed by atoms with Crippen molar-refractivity contribution < 1.29 is 9.84 Å². The van der Waals surface area contributed by atoms with Gasteiger partial charge in [-0.3, -0.25) is 0 Å². The summed E-state index contributed by atoms with van der Waals surface area (Å²) in [6.45, 7) is 8.74. The fourth-order valence-electron chi connectivity index (χ4n) is 1.47. The smallest absolute Gasteiger partial charge is 0.119 e. The molecule has 2 nitrogen and oxygen atoms in total. The second-order valence-corrected chi connectivity index (χ2v) is 4.40. The largest absolute Gasteiger partial charge is 0.493 e. The van der Waals surface area contributed by atoms with Crippen molar-refractivity contribution >= 4 is 0 Å². The molecule has 2 heteroatoms. The molecule has 1 atom stereocenters. The van der Waals surface area contributed by atoms with Gasteiger partial charge in [-0.2, -0.15) is 0 Å². The molecule has 0 heterocycles. The molecule has 1 aromatic rings. The predicted octanol–water partition coefficient (Wildman–Crippen LogP) is 3.08. The molecule has 0 saturated heterocycles. The standard InChI is InChI=1S/C13H20O2/c1-9(2)8-15-12-5-6-13(11(4)14)10(3)7-12/h5-7,9,11,14H,8H2,1-4H3. The quantitative estimate of drug-likeness (QED) is 0.824. The lowest BCUT2D eigenvalue weighted by molar-refractivity contribution is 0.198. The summed E-state index contributed by atoms with van der Waals surface area (Å²) in [5.74, 6) is 1.41. The number of hydrogen-bond donors (Lipinski definition) is 1. The van der Waals surface area contributed by atoms with Crippen LogP contribution in [0.15, 0.2) is 18.2 Å². The van der Waals surface area contributed by atoms with E-state index in [9.17, 15) is 5.11 Å². The molecule has 0 bridgehead atoms. The molecule has 0 saturated carbocycles. The maximum absolute atomic E-state index is 9.47. The van der Waals surface area contributed by atoms with E-state index in [1.54, 1.807) is 6.92 Å². The Kier molecular flexibility index (Phi) is 4.15. The third-order valence-electron chi connectivity index (χ3n) is 2.27. The van der Waals surface area contributed by atoms with E-state index in [2.05, 4.69) is 13.8 Å². The minimum absolute atomic E-state index is 0.413. The van der Waals surface area contributed by atoms with Gasteiger partial charge in [-0.15, -0.1) is 0 Å². The average Bonchev–Trinajstić information content (AvgIpc) is 2.14. The Hall–Kier alpha value is -1.02. The van der Waals surface area contributed by atoms with Gasteiger partial charge in [-0.05, 0) is 43.0 Å². The van der Waals surface area contributed by atoms with E-state index < -0.39 is 6.10 Å². The van der Waals surface area contributed by atoms with Crippen LogP contribution in [0.3, 0.4) is 0 Å². The van der Waals surface area contributed by atoms with Crippen LogP contribution in [0.25, 0.3) is 0 Å². The Labute approximate surface area is 91.9 Å². The highest BCUT2D eigenvalue weighted by Crippen LogP contribution is 2.22. The van der Waals surface area contributed by atoms with Crippen LogP contribution in [0.1, 0.15) is 38.0 Å². The molecule has 0 aromatic heterocycles. The second kappa shape index (κ2) is 5.17. The molecule has 1 aromatic carbocycles. The first kappa shape index (κ1) is 12.1. The third-order valence-corrected chi connectivity index (χ3v) is 2.27. The summed E-state index contributed by atoms with van der Waals surface area (Å²) in [7, 11) is 0. The highest BCUT2D eigenvalue weighted by molar-refractivity contribution is 5.35. The summed E-state index contributed by atoms with van der Waals surface area (Å²) in [4.78, 5) is 0. The Bertz CT molecular complexity index is 316. The molecular formula is C13H20O2. The Morgan fingerprint density at radius 1 is 1.27 bits per heavy atom. The van der Waals surface area contributed by atoms with Gasteiger partial charge >= 0.3 is 0 Å². The minimum Gasteiger partial charge on any atom is -0.493 e. The van der Waals surface area contributed by atoms with Crippen LogP contribution in [0, 0.1) is 12.8 Å². The van der Waals surface area contributed by atoms with E-state index in [1.165, 1.54) is 0 Å². The highest BCUT2D eigenvalue weighted by atomic mass is 16.5. The number of ether oxygens (including phenoxy) is 1. The zero-order chi connectivity index (χ0) is 11.4. The normalized spacial score (nSPS) is 12.9. The van der Waals surface area contributed by atoms with Crippen LogP contribution in [-0.4, -0.2) is 11.7 Å². The van der Waals surface area contributed by atoms with Gasteiger partial charge < -0.3 is 9.84 Å². The van der Waals surface area contributed by atoms with Crippen molar-refractivity contribution in [2.24, 2.45) is 5.92 Å². The summed E-state index contributed by atoms with van der Waals surface area (Å²) in [6, 6.07) is 5.82. The molecule has 1 N–H and O–H groups in total. The van der Waals surface area contributed by atoms with Gasteiger partial charge in [0.1, 0.15) is 5.75 Å². The summed E-state index contributed by atoms with van der Waals surface area (Å²) in [5.41, 5.74) is 2.04. The van der Waals surface area contributed by atoms with Crippen LogP contribution in [0.2, 0.25) is 0 Å². The lowest BCUT2D eigenvalue weighted by Gasteiger charge is -2.12. The van der Waals surface area contributed by atoms with E-state index in [4.69, 9.17) is 4.74 Å². The van der Waals surface area contributed by atoms with Crippen molar-refractivity contribution in [3.8, 4) is 5.75 Å². The topological polar surface area (TPSA) is 29.5 Å². The van der Waals surface area contributed by atoms with Crippen LogP contribution < -0.4 is 4.74 Å². The maximum Gasteiger partial charge on any atom is 0.119 e. The second-order valence-electron chi connectivity index (χ2n) is 4.40. The SMILES string of the molecule is Cc1cc(OCC(C)C)ccc1C(C)O. The van der Waals surface area contributed by atoms with Gasteiger partial charge in [0, 0.05) is 0 Å². The van der Waals surface area contributed by atoms with Crippen molar-refractivity contribution in [3.05, 3.63) is 29.3 Å². The van der Waals surface area contributed by atoms with Crippen LogP contribution in [0.5, 0.6) is 5.75 Å². The van der Waals surface area contributed by atoms with Gasteiger partial charge in [0.15, 0.2) is 0 Å². The zero-order valence-electron chi connectivity index (χ0n) is 9.95. The molecule has 1 unspecified atom stereocenters. The number of aliphatic hydroxyl groups is 1. The van der Waals surface area contributed by atoms with Gasteiger partial charge in [0.2, 0.25) is 0 Å². The van der Waals surface area contributed by atoms with Crippen molar-refractivity contribution in [2.45, 2.75) is 33.8 Å². The Morgan fingerprint density at radius 2 is 1.93 bits per heavy atom. The molecule has 0 radical (unpaired) electrons. The first-order chi connectivity index (χ1) is 7.00. The number of benzene rings is 1. The molecule has 0 amide bonds. The Morgan fingerprint density at radius 3 is 2.40 bits per heavy atom. The number of hydrogen-bond acceptors (Lipinski definition) is 2. The first-order valence-electron chi connectivity index (χ1n) is 5.42. The fraction of sp³-hybridized carbons (Fsp3) is 0.538. The molecular weight excluding hydrogens is 188 g/mol. The van der Waals surface area contributed by atoms with E-state index in [0.29, 0.717) is 5.92 Å². The van der Waals surface area contributed by atoms with E-state index in [0.717, 1.165) is 23.5 Å². The van der Waals surface area contributed by atoms with E-state index >= 15 is 0 Å². The van der Waals surface area contributed by atoms with Crippen molar-refractivity contribution in [2.75, 3.05) is 6.61 Å². The number of rotatable bonds is 4. The first-order valence-corrected chi connectivity index (χ1v) is 5.42. The summed E-state index contributed by atoms with van der Waals surface area (Å²) in [6.07, 6.45) is -0.413. The lowest BCUT2D eigenvalue weighted by atomic mass is 10.0. The van der Waals surface area contributed by atoms with Gasteiger partial charge in [0.25, 0.3) is 0 Å². The molecule has 15 heavy (non-hydrogen) atoms. The molecule has 0 aliphatic carbocycles. The van der Waals surface area contributed by atoms with Crippen LogP contribution >= 0.6 is 0 Å². The molecule has 0 aliphatic heterocycles. The average molecular weight is 208 g/mol. The molecule has 0 aliphatic rings. The van der Waals surface area contributed by atoms with Crippen molar-refractivity contribution in [1.29, 1.82) is 0 Å². The van der Waals surface area contributed by atoms with Crippen LogP contribution in [-0.2, 0) is 0 Å². The van der Waals surface area contributed by atoms with E-state index in [1.807, 2.05) is 25.1 Å². The monoisotopic (exact) mass is 208 g/mol. The fourth-order valence-corrected chi connectivity index (χ4v) is 1.47. The number of aliphatic hydroxyl groups excluding tert-OH is 1. The van der Waals surface area contributed by atoms with Crippen molar-refractivity contribution in [3.63, 3.8) is 0 Å². The minimum atomic E-state index is -0.413. The summed E-state index contributed by atoms with van der Waals surface area (Å²) >= 11 is 0.